The average molecular weight is 627 g/mol. The Hall–Kier alpha value is -5.00. The molecule has 1 atom stereocenters. The summed E-state index contributed by atoms with van der Waals surface area (Å²) in [6.45, 7) is 2.87. The molecule has 228 valence electrons. The van der Waals surface area contributed by atoms with Crippen molar-refractivity contribution < 1.29 is 23.8 Å². The molecule has 5 aromatic rings. The van der Waals surface area contributed by atoms with E-state index in [1.807, 2.05) is 24.3 Å². The first-order chi connectivity index (χ1) is 21.9. The molecule has 1 fully saturated rings. The van der Waals surface area contributed by atoms with Gasteiger partial charge in [-0.05, 0) is 48.0 Å². The zero-order valence-corrected chi connectivity index (χ0v) is 24.8. The van der Waals surface area contributed by atoms with Gasteiger partial charge in [0, 0.05) is 42.1 Å². The van der Waals surface area contributed by atoms with E-state index in [0.29, 0.717) is 55.1 Å². The monoisotopic (exact) mass is 626 g/mol. The molecule has 0 saturated carbocycles. The maximum atomic E-state index is 14.3. The van der Waals surface area contributed by atoms with Gasteiger partial charge < -0.3 is 24.0 Å². The van der Waals surface area contributed by atoms with E-state index in [4.69, 9.17) is 31.0 Å². The zero-order chi connectivity index (χ0) is 30.9. The van der Waals surface area contributed by atoms with Crippen LogP contribution in [-0.4, -0.2) is 61.2 Å². The Kier molecular flexibility index (Phi) is 7.78. The van der Waals surface area contributed by atoms with Crippen molar-refractivity contribution in [1.82, 2.24) is 24.4 Å². The summed E-state index contributed by atoms with van der Waals surface area (Å²) < 4.78 is 28.0. The molecule has 10 nitrogen and oxygen atoms in total. The number of carbonyl (C=O) groups is 1. The molecular weight excluding hydrogens is 599 g/mol. The first-order valence-electron chi connectivity index (χ1n) is 14.4. The van der Waals surface area contributed by atoms with Gasteiger partial charge in [-0.3, -0.25) is 9.88 Å². The quantitative estimate of drug-likeness (QED) is 0.227. The van der Waals surface area contributed by atoms with Gasteiger partial charge in [-0.2, -0.15) is 4.98 Å². The number of nitrogens with zero attached hydrogens (tertiary/aromatic N) is 6. The lowest BCUT2D eigenvalue weighted by molar-refractivity contribution is 0.0697. The van der Waals surface area contributed by atoms with Crippen LogP contribution in [0.15, 0.2) is 91.1 Å². The number of ether oxygens (including phenoxy) is 2. The predicted octanol–water partition coefficient (Wildman–Crippen LogP) is 5.51. The number of piperazine rings is 1. The van der Waals surface area contributed by atoms with Crippen LogP contribution in [0.5, 0.6) is 5.88 Å². The number of imidazole rings is 1. The third kappa shape index (κ3) is 5.92. The summed E-state index contributed by atoms with van der Waals surface area (Å²) in [6.07, 6.45) is 5.30. The number of benzene rings is 2. The van der Waals surface area contributed by atoms with Crippen molar-refractivity contribution in [2.24, 2.45) is 0 Å². The second kappa shape index (κ2) is 12.2. The Morgan fingerprint density at radius 2 is 1.98 bits per heavy atom. The molecule has 0 amide bonds. The molecule has 0 bridgehead atoms. The van der Waals surface area contributed by atoms with E-state index in [0.717, 1.165) is 28.1 Å². The Bertz CT molecular complexity index is 1920. The average Bonchev–Trinajstić information content (AvgIpc) is 3.67. The maximum absolute atomic E-state index is 14.3. The molecule has 45 heavy (non-hydrogen) atoms. The largest absolute Gasteiger partial charge is 0.497 e. The summed E-state index contributed by atoms with van der Waals surface area (Å²) in [5.41, 5.74) is 4.04. The number of halogens is 2. The van der Waals surface area contributed by atoms with Gasteiger partial charge in [0.2, 0.25) is 5.88 Å². The van der Waals surface area contributed by atoms with E-state index in [-0.39, 0.29) is 18.2 Å². The summed E-state index contributed by atoms with van der Waals surface area (Å²) in [5.74, 6) is 0.490. The molecular formula is C33H28ClFN6O4. The number of aromatic carboxylic acids is 1. The highest BCUT2D eigenvalue weighted by Crippen LogP contribution is 2.32. The van der Waals surface area contributed by atoms with Gasteiger partial charge in [-0.15, -0.1) is 0 Å². The molecule has 2 aliphatic heterocycles. The second-order valence-corrected chi connectivity index (χ2v) is 11.3. The van der Waals surface area contributed by atoms with Gasteiger partial charge in [0.1, 0.15) is 36.9 Å². The van der Waals surface area contributed by atoms with Crippen molar-refractivity contribution in [2.45, 2.75) is 25.7 Å². The fraction of sp³-hybridized carbons (Fsp3) is 0.212. The van der Waals surface area contributed by atoms with Crippen LogP contribution >= 0.6 is 11.6 Å². The molecule has 0 radical (unpaired) electrons. The molecule has 0 spiro atoms. The van der Waals surface area contributed by atoms with Crippen LogP contribution in [0.25, 0.3) is 11.0 Å². The Morgan fingerprint density at radius 1 is 1.07 bits per heavy atom. The molecule has 5 heterocycles. The number of hydrogen-bond acceptors (Lipinski definition) is 8. The molecule has 1 N–H and O–H groups in total. The standard InChI is InChI=1S/C33H28ClFN6O4/c34-24-8-6-23(25(35)14-24)18-45-32-5-1-4-30(38-32)40-12-11-39(28-19-44-20-29(28)40)17-31-37-26-9-7-22(33(42)43)13-27(26)41(31)16-21-3-2-10-36-15-21/h1-10,13-15,20,28H,11-12,16-19H2,(H,42,43). The van der Waals surface area contributed by atoms with Crippen LogP contribution in [0.4, 0.5) is 10.2 Å². The van der Waals surface area contributed by atoms with Crippen LogP contribution < -0.4 is 9.64 Å². The van der Waals surface area contributed by atoms with E-state index < -0.39 is 11.8 Å². The Labute approximate surface area is 262 Å². The fourth-order valence-electron chi connectivity index (χ4n) is 5.76. The molecule has 1 unspecified atom stereocenters. The van der Waals surface area contributed by atoms with Gasteiger partial charge in [0.15, 0.2) is 0 Å². The Balaban J connectivity index is 1.12. The van der Waals surface area contributed by atoms with Gasteiger partial charge in [0.05, 0.1) is 41.4 Å². The molecule has 2 aliphatic rings. The van der Waals surface area contributed by atoms with Crippen molar-refractivity contribution in [1.29, 1.82) is 0 Å². The van der Waals surface area contributed by atoms with E-state index in [1.165, 1.54) is 6.07 Å². The number of carboxylic acids is 1. The molecule has 2 aromatic carbocycles. The van der Waals surface area contributed by atoms with Crippen LogP contribution in [0.2, 0.25) is 5.02 Å². The number of fused-ring (bicyclic) bond motifs is 2. The normalized spacial score (nSPS) is 16.4. The summed E-state index contributed by atoms with van der Waals surface area (Å²) >= 11 is 5.87. The molecule has 3 aromatic heterocycles. The van der Waals surface area contributed by atoms with Crippen molar-refractivity contribution in [2.75, 3.05) is 24.6 Å². The highest BCUT2D eigenvalue weighted by molar-refractivity contribution is 6.30. The first kappa shape index (κ1) is 28.8. The maximum Gasteiger partial charge on any atom is 0.335 e. The third-order valence-electron chi connectivity index (χ3n) is 8.02. The molecule has 7 rings (SSSR count). The second-order valence-electron chi connectivity index (χ2n) is 10.9. The topological polar surface area (TPSA) is 106 Å². The summed E-state index contributed by atoms with van der Waals surface area (Å²) in [5, 5.41) is 9.96. The highest BCUT2D eigenvalue weighted by Gasteiger charge is 2.37. The molecule has 0 aliphatic carbocycles. The van der Waals surface area contributed by atoms with Crippen LogP contribution in [0.1, 0.15) is 27.3 Å². The first-order valence-corrected chi connectivity index (χ1v) is 14.8. The fourth-order valence-corrected chi connectivity index (χ4v) is 5.92. The van der Waals surface area contributed by atoms with E-state index in [9.17, 15) is 14.3 Å². The number of anilines is 1. The SMILES string of the molecule is O=C(O)c1ccc2nc(CN3CCN(c4cccc(OCc5ccc(Cl)cc5F)n4)C4=COCC43)n(Cc3cccnc3)c2c1. The highest BCUT2D eigenvalue weighted by atomic mass is 35.5. The number of aromatic nitrogens is 4. The number of hydrogen-bond donors (Lipinski definition) is 1. The summed E-state index contributed by atoms with van der Waals surface area (Å²) in [7, 11) is 0. The van der Waals surface area contributed by atoms with Crippen molar-refractivity contribution in [3.05, 3.63) is 124 Å². The van der Waals surface area contributed by atoms with E-state index >= 15 is 0 Å². The van der Waals surface area contributed by atoms with Crippen molar-refractivity contribution in [3.63, 3.8) is 0 Å². The van der Waals surface area contributed by atoms with Crippen molar-refractivity contribution >= 4 is 34.4 Å². The van der Waals surface area contributed by atoms with Crippen LogP contribution in [0.3, 0.4) is 0 Å². The third-order valence-corrected chi connectivity index (χ3v) is 8.26. The lowest BCUT2D eigenvalue weighted by Crippen LogP contribution is -2.51. The molecule has 1 saturated heterocycles. The molecule has 12 heteroatoms. The van der Waals surface area contributed by atoms with Crippen molar-refractivity contribution in [3.8, 4) is 5.88 Å². The lowest BCUT2D eigenvalue weighted by Gasteiger charge is -2.40. The van der Waals surface area contributed by atoms with E-state index in [1.54, 1.807) is 55.1 Å². The smallest absolute Gasteiger partial charge is 0.335 e. The predicted molar refractivity (Wildman–Crippen MR) is 166 cm³/mol. The van der Waals surface area contributed by atoms with E-state index in [2.05, 4.69) is 19.4 Å². The van der Waals surface area contributed by atoms with Gasteiger partial charge in [-0.25, -0.2) is 14.2 Å². The van der Waals surface area contributed by atoms with Gasteiger partial charge >= 0.3 is 5.97 Å². The van der Waals surface area contributed by atoms with Gasteiger partial charge in [-0.1, -0.05) is 29.8 Å². The number of pyridine rings is 2. The lowest BCUT2D eigenvalue weighted by atomic mass is 10.1. The van der Waals surface area contributed by atoms with Gasteiger partial charge in [0.25, 0.3) is 0 Å². The number of rotatable bonds is 9. The summed E-state index contributed by atoms with van der Waals surface area (Å²) in [4.78, 5) is 30.1. The minimum atomic E-state index is -0.984. The Morgan fingerprint density at radius 3 is 2.80 bits per heavy atom. The summed E-state index contributed by atoms with van der Waals surface area (Å²) in [6, 6.07) is 18.8. The van der Waals surface area contributed by atoms with Crippen LogP contribution in [0, 0.1) is 5.82 Å². The minimum absolute atomic E-state index is 0.0235. The number of carboxylic acid groups (broad SMARTS) is 1. The zero-order valence-electron chi connectivity index (χ0n) is 24.0. The van der Waals surface area contributed by atoms with Crippen LogP contribution in [-0.2, 0) is 24.4 Å². The minimum Gasteiger partial charge on any atom is -0.497 e.